The molecule has 0 N–H and O–H groups in total. The standard InChI is InChI=1S/C24H23ClN4O3S3/c1-15-8-9-16(2)22-21(15)27-24(34-22)28(14-17-6-3-4-12-26-17)23(30)18-7-5-13-29(18)35(31,32)20-11-10-19(25)33-20/h3-4,6,8-12,18H,5,7,13-14H2,1-2H3. The molecule has 1 amide bonds. The molecule has 1 aliphatic heterocycles. The van der Waals surface area contributed by atoms with E-state index in [2.05, 4.69) is 4.98 Å². The van der Waals surface area contributed by atoms with Crippen molar-refractivity contribution in [1.82, 2.24) is 14.3 Å². The molecule has 0 bridgehead atoms. The van der Waals surface area contributed by atoms with Gasteiger partial charge in [-0.15, -0.1) is 11.3 Å². The summed E-state index contributed by atoms with van der Waals surface area (Å²) >= 11 is 8.45. The number of aromatic nitrogens is 2. The van der Waals surface area contributed by atoms with E-state index in [9.17, 15) is 13.2 Å². The predicted octanol–water partition coefficient (Wildman–Crippen LogP) is 5.41. The first-order chi connectivity index (χ1) is 16.8. The minimum absolute atomic E-state index is 0.143. The number of carbonyl (C=O) groups excluding carboxylic acids is 1. The maximum Gasteiger partial charge on any atom is 0.253 e. The average Bonchev–Trinajstić information content (AvgIpc) is 3.60. The Morgan fingerprint density at radius 2 is 1.94 bits per heavy atom. The smallest absolute Gasteiger partial charge is 0.253 e. The summed E-state index contributed by atoms with van der Waals surface area (Å²) in [5, 5.41) is 0.538. The minimum atomic E-state index is -3.85. The van der Waals surface area contributed by atoms with Crippen LogP contribution in [0.1, 0.15) is 29.7 Å². The van der Waals surface area contributed by atoms with Crippen LogP contribution in [0.5, 0.6) is 0 Å². The molecule has 1 fully saturated rings. The number of hydrogen-bond acceptors (Lipinski definition) is 7. The van der Waals surface area contributed by atoms with Crippen LogP contribution in [0.4, 0.5) is 5.13 Å². The number of anilines is 1. The van der Waals surface area contributed by atoms with E-state index in [4.69, 9.17) is 16.6 Å². The number of rotatable bonds is 6. The van der Waals surface area contributed by atoms with Crippen LogP contribution in [0.25, 0.3) is 10.2 Å². The van der Waals surface area contributed by atoms with Crippen LogP contribution < -0.4 is 4.90 Å². The van der Waals surface area contributed by atoms with Gasteiger partial charge in [-0.1, -0.05) is 41.1 Å². The van der Waals surface area contributed by atoms with E-state index >= 15 is 0 Å². The molecular formula is C24H23ClN4O3S3. The topological polar surface area (TPSA) is 83.5 Å². The second kappa shape index (κ2) is 9.59. The first-order valence-corrected chi connectivity index (χ1v) is 14.6. The fourth-order valence-corrected chi connectivity index (χ4v) is 8.64. The molecule has 4 aromatic rings. The Labute approximate surface area is 217 Å². The lowest BCUT2D eigenvalue weighted by atomic mass is 10.1. The van der Waals surface area contributed by atoms with Gasteiger partial charge in [0.15, 0.2) is 5.13 Å². The Morgan fingerprint density at radius 3 is 2.63 bits per heavy atom. The van der Waals surface area contributed by atoms with Crippen molar-refractivity contribution in [1.29, 1.82) is 0 Å². The third kappa shape index (κ3) is 4.61. The van der Waals surface area contributed by atoms with Crippen LogP contribution in [-0.4, -0.2) is 41.2 Å². The molecule has 4 heterocycles. The summed E-state index contributed by atoms with van der Waals surface area (Å²) in [4.78, 5) is 24.8. The van der Waals surface area contributed by atoms with Crippen molar-refractivity contribution in [3.05, 3.63) is 69.8 Å². The van der Waals surface area contributed by atoms with E-state index in [0.29, 0.717) is 28.0 Å². The highest BCUT2D eigenvalue weighted by Crippen LogP contribution is 2.37. The second-order valence-corrected chi connectivity index (χ2v) is 13.3. The highest BCUT2D eigenvalue weighted by Gasteiger charge is 2.42. The van der Waals surface area contributed by atoms with Gasteiger partial charge in [-0.05, 0) is 62.1 Å². The minimum Gasteiger partial charge on any atom is -0.281 e. The Bertz CT molecular complexity index is 1460. The van der Waals surface area contributed by atoms with Crippen LogP contribution in [-0.2, 0) is 21.4 Å². The monoisotopic (exact) mass is 546 g/mol. The molecule has 1 aromatic carbocycles. The molecule has 11 heteroatoms. The van der Waals surface area contributed by atoms with Gasteiger partial charge in [-0.3, -0.25) is 14.7 Å². The molecular weight excluding hydrogens is 524 g/mol. The largest absolute Gasteiger partial charge is 0.281 e. The molecule has 7 nitrogen and oxygen atoms in total. The summed E-state index contributed by atoms with van der Waals surface area (Å²) in [6, 6.07) is 11.8. The highest BCUT2D eigenvalue weighted by molar-refractivity contribution is 7.91. The van der Waals surface area contributed by atoms with Crippen molar-refractivity contribution in [2.45, 2.75) is 43.5 Å². The van der Waals surface area contributed by atoms with Gasteiger partial charge in [-0.25, -0.2) is 13.4 Å². The molecule has 0 saturated carbocycles. The van der Waals surface area contributed by atoms with E-state index in [-0.39, 0.29) is 23.2 Å². The Balaban J connectivity index is 1.55. The molecule has 1 saturated heterocycles. The van der Waals surface area contributed by atoms with Crippen molar-refractivity contribution >= 4 is 65.6 Å². The molecule has 1 atom stereocenters. The fourth-order valence-electron chi connectivity index (χ4n) is 4.26. The number of thiazole rings is 1. The molecule has 1 unspecified atom stereocenters. The Hall–Kier alpha value is -2.37. The van der Waals surface area contributed by atoms with E-state index in [1.54, 1.807) is 17.2 Å². The number of nitrogens with zero attached hydrogens (tertiary/aromatic N) is 4. The number of halogens is 1. The zero-order chi connectivity index (χ0) is 24.7. The first kappa shape index (κ1) is 24.3. The zero-order valence-electron chi connectivity index (χ0n) is 19.1. The van der Waals surface area contributed by atoms with Gasteiger partial charge in [0.25, 0.3) is 10.0 Å². The predicted molar refractivity (Wildman–Crippen MR) is 141 cm³/mol. The quantitative estimate of drug-likeness (QED) is 0.323. The van der Waals surface area contributed by atoms with Crippen LogP contribution in [0, 0.1) is 13.8 Å². The number of carbonyl (C=O) groups is 1. The molecule has 0 spiro atoms. The Morgan fingerprint density at radius 1 is 1.14 bits per heavy atom. The van der Waals surface area contributed by atoms with Crippen LogP contribution >= 0.6 is 34.3 Å². The number of benzene rings is 1. The second-order valence-electron chi connectivity index (χ2n) is 8.45. The van der Waals surface area contributed by atoms with E-state index in [1.807, 2.05) is 44.2 Å². The number of hydrogen-bond donors (Lipinski definition) is 0. The number of sulfonamides is 1. The van der Waals surface area contributed by atoms with Gasteiger partial charge in [-0.2, -0.15) is 4.31 Å². The van der Waals surface area contributed by atoms with E-state index < -0.39 is 16.1 Å². The molecule has 182 valence electrons. The Kier molecular flexibility index (Phi) is 6.67. The van der Waals surface area contributed by atoms with Crippen molar-refractivity contribution in [3.8, 4) is 0 Å². The summed E-state index contributed by atoms with van der Waals surface area (Å²) in [7, 11) is -3.85. The maximum atomic E-state index is 14.0. The summed E-state index contributed by atoms with van der Waals surface area (Å²) in [6.07, 6.45) is 2.72. The normalized spacial score (nSPS) is 16.7. The van der Waals surface area contributed by atoms with Crippen LogP contribution in [0.3, 0.4) is 0 Å². The van der Waals surface area contributed by atoms with Crippen molar-refractivity contribution in [2.75, 3.05) is 11.4 Å². The summed E-state index contributed by atoms with van der Waals surface area (Å²) in [5.74, 6) is -0.297. The molecule has 0 aliphatic carbocycles. The molecule has 3 aromatic heterocycles. The lowest BCUT2D eigenvalue weighted by molar-refractivity contribution is -0.121. The van der Waals surface area contributed by atoms with E-state index in [1.165, 1.54) is 21.7 Å². The van der Waals surface area contributed by atoms with Gasteiger partial charge in [0.2, 0.25) is 5.91 Å². The third-order valence-electron chi connectivity index (χ3n) is 6.07. The maximum absolute atomic E-state index is 14.0. The number of fused-ring (bicyclic) bond motifs is 1. The number of thiophene rings is 1. The first-order valence-electron chi connectivity index (χ1n) is 11.1. The molecule has 1 aliphatic rings. The zero-order valence-corrected chi connectivity index (χ0v) is 22.3. The van der Waals surface area contributed by atoms with Gasteiger partial charge in [0.1, 0.15) is 10.3 Å². The van der Waals surface area contributed by atoms with Gasteiger partial charge in [0, 0.05) is 12.7 Å². The van der Waals surface area contributed by atoms with Gasteiger partial charge in [0.05, 0.1) is 26.8 Å². The van der Waals surface area contributed by atoms with Gasteiger partial charge < -0.3 is 0 Å². The lowest BCUT2D eigenvalue weighted by Gasteiger charge is -2.28. The summed E-state index contributed by atoms with van der Waals surface area (Å²) in [5.41, 5.74) is 3.66. The number of pyridine rings is 1. The van der Waals surface area contributed by atoms with Crippen molar-refractivity contribution in [3.63, 3.8) is 0 Å². The number of aryl methyl sites for hydroxylation is 2. The fraction of sp³-hybridized carbons (Fsp3) is 0.292. The van der Waals surface area contributed by atoms with Crippen molar-refractivity contribution in [2.24, 2.45) is 0 Å². The van der Waals surface area contributed by atoms with Crippen LogP contribution in [0.2, 0.25) is 4.34 Å². The van der Waals surface area contributed by atoms with Crippen molar-refractivity contribution < 1.29 is 13.2 Å². The summed E-state index contributed by atoms with van der Waals surface area (Å²) in [6.45, 7) is 4.50. The molecule has 5 rings (SSSR count). The van der Waals surface area contributed by atoms with Crippen LogP contribution in [0.15, 0.2) is 52.9 Å². The molecule has 0 radical (unpaired) electrons. The SMILES string of the molecule is Cc1ccc(C)c2sc(N(Cc3ccccn3)C(=O)C3CCCN3S(=O)(=O)c3ccc(Cl)s3)nc12. The average molecular weight is 547 g/mol. The van der Waals surface area contributed by atoms with Gasteiger partial charge >= 0.3 is 0 Å². The third-order valence-corrected chi connectivity index (χ3v) is 10.9. The molecule has 35 heavy (non-hydrogen) atoms. The highest BCUT2D eigenvalue weighted by atomic mass is 35.5. The van der Waals surface area contributed by atoms with E-state index in [0.717, 1.165) is 32.7 Å². The number of amides is 1. The lowest BCUT2D eigenvalue weighted by Crippen LogP contribution is -2.47. The summed E-state index contributed by atoms with van der Waals surface area (Å²) < 4.78 is 29.6.